The molecule has 0 fully saturated rings. The Morgan fingerprint density at radius 1 is 1.09 bits per heavy atom. The van der Waals surface area contributed by atoms with E-state index in [2.05, 4.69) is 27.8 Å². The van der Waals surface area contributed by atoms with Gasteiger partial charge in [-0.05, 0) is 42.0 Å². The average Bonchev–Trinajstić information content (AvgIpc) is 3.44. The summed E-state index contributed by atoms with van der Waals surface area (Å²) in [4.78, 5) is 39.5. The van der Waals surface area contributed by atoms with Crippen LogP contribution in [0.4, 0.5) is 4.79 Å². The van der Waals surface area contributed by atoms with Crippen molar-refractivity contribution in [2.24, 2.45) is 0 Å². The Bertz CT molecular complexity index is 1180. The Labute approximate surface area is 202 Å². The van der Waals surface area contributed by atoms with Crippen LogP contribution in [0.5, 0.6) is 0 Å². The molecule has 2 aromatic carbocycles. The molecule has 1 unspecified atom stereocenters. The molecule has 1 atom stereocenters. The monoisotopic (exact) mass is 477 g/mol. The number of carboxylic acids is 1. The Morgan fingerprint density at radius 3 is 2.40 bits per heavy atom. The molecule has 0 spiro atoms. The number of fused-ring (bicyclic) bond motifs is 3. The number of carboxylic acid groups (broad SMARTS) is 1. The third-order valence-electron chi connectivity index (χ3n) is 6.00. The fourth-order valence-electron chi connectivity index (χ4n) is 4.31. The maximum atomic E-state index is 12.5. The summed E-state index contributed by atoms with van der Waals surface area (Å²) < 4.78 is 10.8. The smallest absolute Gasteiger partial charge is 0.407 e. The van der Waals surface area contributed by atoms with Gasteiger partial charge in [0.2, 0.25) is 0 Å². The van der Waals surface area contributed by atoms with Crippen LogP contribution in [-0.2, 0) is 16.1 Å². The summed E-state index contributed by atoms with van der Waals surface area (Å²) in [7, 11) is 0. The summed E-state index contributed by atoms with van der Waals surface area (Å²) in [5, 5.41) is 14.1. The molecular formula is C26H27N3O6. The Balaban J connectivity index is 1.29. The van der Waals surface area contributed by atoms with Crippen molar-refractivity contribution in [3.63, 3.8) is 0 Å². The quantitative estimate of drug-likeness (QED) is 0.401. The number of benzene rings is 2. The van der Waals surface area contributed by atoms with Crippen LogP contribution in [0.1, 0.15) is 59.5 Å². The molecule has 1 heterocycles. The van der Waals surface area contributed by atoms with Crippen molar-refractivity contribution in [2.75, 3.05) is 6.61 Å². The van der Waals surface area contributed by atoms with Gasteiger partial charge in [-0.15, -0.1) is 0 Å². The predicted octanol–water partition coefficient (Wildman–Crippen LogP) is 4.09. The Hall–Kier alpha value is -4.14. The minimum Gasteiger partial charge on any atom is -0.481 e. The average molecular weight is 478 g/mol. The van der Waals surface area contributed by atoms with Crippen molar-refractivity contribution in [2.45, 2.75) is 44.7 Å². The van der Waals surface area contributed by atoms with Crippen LogP contribution in [0.2, 0.25) is 0 Å². The lowest BCUT2D eigenvalue weighted by molar-refractivity contribution is -0.137. The summed E-state index contributed by atoms with van der Waals surface area (Å²) in [6.45, 7) is 1.90. The fourth-order valence-corrected chi connectivity index (χ4v) is 4.31. The molecular weight excluding hydrogens is 450 g/mol. The summed E-state index contributed by atoms with van der Waals surface area (Å²) in [6.07, 6.45) is 1.52. The lowest BCUT2D eigenvalue weighted by Gasteiger charge is -2.14. The lowest BCUT2D eigenvalue weighted by atomic mass is 9.98. The number of aromatic nitrogens is 1. The number of nitrogens with one attached hydrogen (secondary N) is 2. The summed E-state index contributed by atoms with van der Waals surface area (Å²) in [6, 6.07) is 15.9. The number of amides is 2. The molecule has 9 heteroatoms. The van der Waals surface area contributed by atoms with E-state index < -0.39 is 18.0 Å². The second-order valence-corrected chi connectivity index (χ2v) is 8.46. The van der Waals surface area contributed by atoms with Gasteiger partial charge in [0.05, 0.1) is 6.54 Å². The number of alkyl carbamates (subject to hydrolysis) is 1. The van der Waals surface area contributed by atoms with E-state index in [0.717, 1.165) is 28.6 Å². The molecule has 182 valence electrons. The van der Waals surface area contributed by atoms with Crippen molar-refractivity contribution in [1.82, 2.24) is 15.6 Å². The largest absolute Gasteiger partial charge is 0.481 e. The molecule has 0 bridgehead atoms. The van der Waals surface area contributed by atoms with E-state index in [4.69, 9.17) is 14.3 Å². The van der Waals surface area contributed by atoms with Crippen LogP contribution >= 0.6 is 0 Å². The summed E-state index contributed by atoms with van der Waals surface area (Å²) in [5.41, 5.74) is 4.59. The highest BCUT2D eigenvalue weighted by Crippen LogP contribution is 2.44. The van der Waals surface area contributed by atoms with Crippen molar-refractivity contribution in [3.05, 3.63) is 77.5 Å². The number of hydrogen-bond donors (Lipinski definition) is 3. The number of hydrogen-bond acceptors (Lipinski definition) is 6. The van der Waals surface area contributed by atoms with Crippen LogP contribution in [0.3, 0.4) is 0 Å². The van der Waals surface area contributed by atoms with Gasteiger partial charge in [-0.2, -0.15) is 0 Å². The van der Waals surface area contributed by atoms with E-state index in [1.807, 2.05) is 36.4 Å². The highest BCUT2D eigenvalue weighted by Gasteiger charge is 2.29. The normalized spacial score (nSPS) is 12.9. The van der Waals surface area contributed by atoms with E-state index in [1.54, 1.807) is 6.92 Å². The van der Waals surface area contributed by atoms with Crippen molar-refractivity contribution < 1.29 is 28.6 Å². The number of carbonyl (C=O) groups excluding carboxylic acids is 2. The minimum atomic E-state index is -0.873. The molecule has 1 aromatic heterocycles. The first kappa shape index (κ1) is 24.0. The Kier molecular flexibility index (Phi) is 7.45. The van der Waals surface area contributed by atoms with E-state index >= 15 is 0 Å². The van der Waals surface area contributed by atoms with Crippen LogP contribution in [0.25, 0.3) is 11.1 Å². The van der Waals surface area contributed by atoms with Crippen molar-refractivity contribution in [1.29, 1.82) is 0 Å². The zero-order chi connectivity index (χ0) is 24.8. The molecule has 0 radical (unpaired) electrons. The molecule has 1 aliphatic carbocycles. The molecule has 35 heavy (non-hydrogen) atoms. The zero-order valence-corrected chi connectivity index (χ0v) is 19.3. The van der Waals surface area contributed by atoms with E-state index in [1.165, 1.54) is 0 Å². The number of rotatable bonds is 10. The van der Waals surface area contributed by atoms with Gasteiger partial charge in [-0.3, -0.25) is 9.59 Å². The third-order valence-corrected chi connectivity index (χ3v) is 6.00. The molecule has 1 aliphatic rings. The van der Waals surface area contributed by atoms with E-state index in [9.17, 15) is 14.4 Å². The standard InChI is InChI=1S/C26H27N3O6/c1-16(7-6-12-23(30)31)29-25(32)24-22(35-15-28-24)13-27-26(33)34-14-21-19-10-4-2-8-17(19)18-9-3-5-11-20(18)21/h2-5,8-11,15-16,21H,6-7,12-14H2,1H3,(H,27,33)(H,29,32)(H,30,31). The number of ether oxygens (including phenoxy) is 1. The zero-order valence-electron chi connectivity index (χ0n) is 19.3. The van der Waals surface area contributed by atoms with Gasteiger partial charge >= 0.3 is 12.1 Å². The first-order valence-corrected chi connectivity index (χ1v) is 11.5. The highest BCUT2D eigenvalue weighted by atomic mass is 16.5. The van der Waals surface area contributed by atoms with E-state index in [-0.39, 0.29) is 43.0 Å². The molecule has 4 rings (SSSR count). The second kappa shape index (κ2) is 10.9. The maximum Gasteiger partial charge on any atom is 0.407 e. The molecule has 2 amide bonds. The van der Waals surface area contributed by atoms with Crippen LogP contribution in [0, 0.1) is 0 Å². The van der Waals surface area contributed by atoms with Crippen LogP contribution in [-0.4, -0.2) is 40.7 Å². The maximum absolute atomic E-state index is 12.5. The fraction of sp³-hybridized carbons (Fsp3) is 0.308. The summed E-state index contributed by atoms with van der Waals surface area (Å²) >= 11 is 0. The third kappa shape index (κ3) is 5.68. The highest BCUT2D eigenvalue weighted by molar-refractivity contribution is 5.93. The second-order valence-electron chi connectivity index (χ2n) is 8.46. The van der Waals surface area contributed by atoms with Gasteiger partial charge in [0.1, 0.15) is 6.61 Å². The first-order valence-electron chi connectivity index (χ1n) is 11.5. The molecule has 3 aromatic rings. The molecule has 0 saturated heterocycles. The molecule has 0 aliphatic heterocycles. The minimum absolute atomic E-state index is 0.0412. The SMILES string of the molecule is CC(CCCC(=O)O)NC(=O)c1ncoc1CNC(=O)OCC1c2ccccc2-c2ccccc21. The number of aliphatic carboxylic acids is 1. The Morgan fingerprint density at radius 2 is 1.74 bits per heavy atom. The topological polar surface area (TPSA) is 131 Å². The van der Waals surface area contributed by atoms with Crippen LogP contribution in [0.15, 0.2) is 59.3 Å². The number of nitrogens with zero attached hydrogens (tertiary/aromatic N) is 1. The van der Waals surface area contributed by atoms with Crippen molar-refractivity contribution in [3.8, 4) is 11.1 Å². The summed E-state index contributed by atoms with van der Waals surface area (Å²) in [5.74, 6) is -1.18. The van der Waals surface area contributed by atoms with E-state index in [0.29, 0.717) is 12.8 Å². The molecule has 3 N–H and O–H groups in total. The molecule has 9 nitrogen and oxygen atoms in total. The number of oxazole rings is 1. The molecule has 0 saturated carbocycles. The first-order chi connectivity index (χ1) is 16.9. The van der Waals surface area contributed by atoms with Gasteiger partial charge < -0.3 is 24.9 Å². The van der Waals surface area contributed by atoms with Crippen molar-refractivity contribution >= 4 is 18.0 Å². The van der Waals surface area contributed by atoms with Gasteiger partial charge in [0.25, 0.3) is 5.91 Å². The van der Waals surface area contributed by atoms with Gasteiger partial charge in [-0.25, -0.2) is 9.78 Å². The number of carbonyl (C=O) groups is 3. The van der Waals surface area contributed by atoms with Crippen LogP contribution < -0.4 is 10.6 Å². The van der Waals surface area contributed by atoms with Gasteiger partial charge in [-0.1, -0.05) is 48.5 Å². The predicted molar refractivity (Wildman–Crippen MR) is 127 cm³/mol. The van der Waals surface area contributed by atoms with Gasteiger partial charge in [0, 0.05) is 18.4 Å². The lowest BCUT2D eigenvalue weighted by Crippen LogP contribution is -2.34. The van der Waals surface area contributed by atoms with Gasteiger partial charge in [0.15, 0.2) is 17.8 Å².